The lowest BCUT2D eigenvalue weighted by atomic mass is 10.2. The van der Waals surface area contributed by atoms with Crippen molar-refractivity contribution in [2.24, 2.45) is 0 Å². The van der Waals surface area contributed by atoms with E-state index in [0.29, 0.717) is 19.0 Å². The van der Waals surface area contributed by atoms with Gasteiger partial charge in [0.25, 0.3) is 0 Å². The Bertz CT molecular complexity index is 515. The maximum absolute atomic E-state index is 12.3. The first-order valence-corrected chi connectivity index (χ1v) is 7.39. The van der Waals surface area contributed by atoms with E-state index in [9.17, 15) is 4.79 Å². The zero-order valence-electron chi connectivity index (χ0n) is 12.2. The van der Waals surface area contributed by atoms with Gasteiger partial charge in [-0.2, -0.15) is 0 Å². The first-order valence-electron chi connectivity index (χ1n) is 7.39. The van der Waals surface area contributed by atoms with Crippen molar-refractivity contribution in [3.8, 4) is 11.5 Å². The van der Waals surface area contributed by atoms with Crippen LogP contribution in [0.3, 0.4) is 0 Å². The molecule has 0 spiro atoms. The molecule has 6 nitrogen and oxygen atoms in total. The smallest absolute Gasteiger partial charge is 0.241 e. The van der Waals surface area contributed by atoms with Crippen molar-refractivity contribution in [2.75, 3.05) is 44.7 Å². The molecule has 1 saturated heterocycles. The van der Waals surface area contributed by atoms with Gasteiger partial charge in [0.1, 0.15) is 13.2 Å². The maximum Gasteiger partial charge on any atom is 0.241 e. The van der Waals surface area contributed by atoms with Crippen LogP contribution >= 0.6 is 0 Å². The van der Waals surface area contributed by atoms with E-state index in [1.54, 1.807) is 0 Å². The number of piperazine rings is 1. The van der Waals surface area contributed by atoms with Gasteiger partial charge in [0.05, 0.1) is 6.04 Å². The van der Waals surface area contributed by atoms with E-state index in [1.807, 2.05) is 25.1 Å². The van der Waals surface area contributed by atoms with E-state index >= 15 is 0 Å². The number of benzene rings is 1. The van der Waals surface area contributed by atoms with Crippen molar-refractivity contribution < 1.29 is 14.3 Å². The van der Waals surface area contributed by atoms with Crippen molar-refractivity contribution in [1.82, 2.24) is 10.2 Å². The molecule has 0 radical (unpaired) electrons. The SMILES string of the molecule is CC(C(=O)Nc1ccc2c(c1)OCCO2)N1CCNCC1. The second-order valence-electron chi connectivity index (χ2n) is 5.31. The van der Waals surface area contributed by atoms with Crippen LogP contribution in [-0.2, 0) is 4.79 Å². The van der Waals surface area contributed by atoms with Crippen LogP contribution in [0.4, 0.5) is 5.69 Å². The van der Waals surface area contributed by atoms with Gasteiger partial charge in [-0.15, -0.1) is 0 Å². The molecule has 114 valence electrons. The third-order valence-electron chi connectivity index (χ3n) is 3.89. The van der Waals surface area contributed by atoms with E-state index in [-0.39, 0.29) is 11.9 Å². The van der Waals surface area contributed by atoms with E-state index in [0.717, 1.165) is 37.6 Å². The highest BCUT2D eigenvalue weighted by Crippen LogP contribution is 2.32. The number of hydrogen-bond acceptors (Lipinski definition) is 5. The first-order chi connectivity index (χ1) is 10.2. The van der Waals surface area contributed by atoms with Crippen LogP contribution in [0.5, 0.6) is 11.5 Å². The van der Waals surface area contributed by atoms with Gasteiger partial charge >= 0.3 is 0 Å². The summed E-state index contributed by atoms with van der Waals surface area (Å²) >= 11 is 0. The highest BCUT2D eigenvalue weighted by Gasteiger charge is 2.23. The molecule has 21 heavy (non-hydrogen) atoms. The average molecular weight is 291 g/mol. The molecule has 1 aromatic rings. The molecule has 1 unspecified atom stereocenters. The summed E-state index contributed by atoms with van der Waals surface area (Å²) in [7, 11) is 0. The van der Waals surface area contributed by atoms with Gasteiger partial charge in [-0.25, -0.2) is 0 Å². The number of ether oxygens (including phenoxy) is 2. The highest BCUT2D eigenvalue weighted by atomic mass is 16.6. The Morgan fingerprint density at radius 2 is 1.95 bits per heavy atom. The molecule has 2 aliphatic rings. The summed E-state index contributed by atoms with van der Waals surface area (Å²) in [5.41, 5.74) is 0.742. The lowest BCUT2D eigenvalue weighted by Crippen LogP contribution is -2.51. The minimum atomic E-state index is -0.139. The Kier molecular flexibility index (Phi) is 4.26. The number of nitrogens with zero attached hydrogens (tertiary/aromatic N) is 1. The first kappa shape index (κ1) is 14.2. The molecule has 2 N–H and O–H groups in total. The summed E-state index contributed by atoms with van der Waals surface area (Å²) in [6.45, 7) is 6.72. The highest BCUT2D eigenvalue weighted by molar-refractivity contribution is 5.94. The molecule has 0 aromatic heterocycles. The Balaban J connectivity index is 1.63. The lowest BCUT2D eigenvalue weighted by Gasteiger charge is -2.31. The fourth-order valence-corrected chi connectivity index (χ4v) is 2.60. The van der Waals surface area contributed by atoms with Gasteiger partial charge in [-0.3, -0.25) is 9.69 Å². The number of rotatable bonds is 3. The second-order valence-corrected chi connectivity index (χ2v) is 5.31. The van der Waals surface area contributed by atoms with Crippen LogP contribution in [0.25, 0.3) is 0 Å². The monoisotopic (exact) mass is 291 g/mol. The minimum Gasteiger partial charge on any atom is -0.486 e. The molecule has 0 aliphatic carbocycles. The standard InChI is InChI=1S/C15H21N3O3/c1-11(18-6-4-16-5-7-18)15(19)17-12-2-3-13-14(10-12)21-9-8-20-13/h2-3,10-11,16H,4-9H2,1H3,(H,17,19). The molecule has 1 atom stereocenters. The van der Waals surface area contributed by atoms with Crippen LogP contribution < -0.4 is 20.1 Å². The summed E-state index contributed by atoms with van der Waals surface area (Å²) in [5.74, 6) is 1.43. The number of hydrogen-bond donors (Lipinski definition) is 2. The maximum atomic E-state index is 12.3. The molecule has 0 bridgehead atoms. The Morgan fingerprint density at radius 1 is 1.24 bits per heavy atom. The Morgan fingerprint density at radius 3 is 2.71 bits per heavy atom. The molecular formula is C15H21N3O3. The topological polar surface area (TPSA) is 62.8 Å². The molecule has 2 aliphatic heterocycles. The molecule has 1 aromatic carbocycles. The van der Waals surface area contributed by atoms with Gasteiger partial charge in [0, 0.05) is 37.9 Å². The number of anilines is 1. The number of fused-ring (bicyclic) bond motifs is 1. The van der Waals surface area contributed by atoms with Gasteiger partial charge in [-0.1, -0.05) is 0 Å². The van der Waals surface area contributed by atoms with Gasteiger partial charge in [0.15, 0.2) is 11.5 Å². The minimum absolute atomic E-state index is 0.00794. The lowest BCUT2D eigenvalue weighted by molar-refractivity contribution is -0.120. The number of nitrogens with one attached hydrogen (secondary N) is 2. The van der Waals surface area contributed by atoms with E-state index < -0.39 is 0 Å². The largest absolute Gasteiger partial charge is 0.486 e. The summed E-state index contributed by atoms with van der Waals surface area (Å²) in [5, 5.41) is 6.24. The van der Waals surface area contributed by atoms with Crippen molar-refractivity contribution in [3.63, 3.8) is 0 Å². The molecule has 3 rings (SSSR count). The van der Waals surface area contributed by atoms with E-state index in [1.165, 1.54) is 0 Å². The summed E-state index contributed by atoms with van der Waals surface area (Å²) < 4.78 is 11.0. The Labute approximate surface area is 124 Å². The van der Waals surface area contributed by atoms with Crippen LogP contribution in [0.1, 0.15) is 6.92 Å². The zero-order valence-corrected chi connectivity index (χ0v) is 12.2. The predicted octanol–water partition coefficient (Wildman–Crippen LogP) is 0.690. The van der Waals surface area contributed by atoms with Crippen molar-refractivity contribution >= 4 is 11.6 Å². The second kappa shape index (κ2) is 6.32. The number of carbonyl (C=O) groups excluding carboxylic acids is 1. The fourth-order valence-electron chi connectivity index (χ4n) is 2.60. The van der Waals surface area contributed by atoms with Crippen molar-refractivity contribution in [2.45, 2.75) is 13.0 Å². The molecule has 1 amide bonds. The van der Waals surface area contributed by atoms with Crippen LogP contribution in [0.2, 0.25) is 0 Å². The Hall–Kier alpha value is -1.79. The third kappa shape index (κ3) is 3.28. The van der Waals surface area contributed by atoms with Crippen molar-refractivity contribution in [3.05, 3.63) is 18.2 Å². The summed E-state index contributed by atoms with van der Waals surface area (Å²) in [6, 6.07) is 5.35. The molecule has 6 heteroatoms. The predicted molar refractivity (Wildman–Crippen MR) is 80.0 cm³/mol. The van der Waals surface area contributed by atoms with Crippen molar-refractivity contribution in [1.29, 1.82) is 0 Å². The van der Waals surface area contributed by atoms with Gasteiger partial charge in [0.2, 0.25) is 5.91 Å². The number of amides is 1. The molecular weight excluding hydrogens is 270 g/mol. The normalized spacial score (nSPS) is 19.9. The fraction of sp³-hybridized carbons (Fsp3) is 0.533. The molecule has 1 fully saturated rings. The molecule has 0 saturated carbocycles. The van der Waals surface area contributed by atoms with Crippen LogP contribution in [-0.4, -0.2) is 56.2 Å². The zero-order chi connectivity index (χ0) is 14.7. The van der Waals surface area contributed by atoms with Gasteiger partial charge in [-0.05, 0) is 19.1 Å². The van der Waals surface area contributed by atoms with E-state index in [4.69, 9.17) is 9.47 Å². The van der Waals surface area contributed by atoms with Crippen LogP contribution in [0.15, 0.2) is 18.2 Å². The third-order valence-corrected chi connectivity index (χ3v) is 3.89. The van der Waals surface area contributed by atoms with E-state index in [2.05, 4.69) is 15.5 Å². The number of carbonyl (C=O) groups is 1. The average Bonchev–Trinajstić information content (AvgIpc) is 2.55. The summed E-state index contributed by atoms with van der Waals surface area (Å²) in [4.78, 5) is 14.5. The van der Waals surface area contributed by atoms with Gasteiger partial charge < -0.3 is 20.1 Å². The quantitative estimate of drug-likeness (QED) is 0.858. The van der Waals surface area contributed by atoms with Crippen LogP contribution in [0, 0.1) is 0 Å². The summed E-state index contributed by atoms with van der Waals surface area (Å²) in [6.07, 6.45) is 0. The molecule has 2 heterocycles.